The van der Waals surface area contributed by atoms with Gasteiger partial charge in [0, 0.05) is 11.5 Å². The van der Waals surface area contributed by atoms with E-state index in [-0.39, 0.29) is 29.3 Å². The van der Waals surface area contributed by atoms with Gasteiger partial charge in [-0.2, -0.15) is 26.3 Å². The van der Waals surface area contributed by atoms with E-state index in [0.29, 0.717) is 12.0 Å². The standard InChI is InChI=1S/C34H34F7N/c35-30-10-8-25(9-11-30)26-14-19-42(20-15-26)31-12-17-32(18-13-31,27-6-2-1-3-7-27)16-4-5-24-21-28(33(36,37)38)23-29(22-24)34(39,40)41/h1-4,6-11,16,21-23,26,31H,5,12-15,17-20H2/b16-4+/t31-,32+. The van der Waals surface area contributed by atoms with Crippen LogP contribution in [0.2, 0.25) is 0 Å². The van der Waals surface area contributed by atoms with Gasteiger partial charge in [-0.05, 0) is 111 Å². The van der Waals surface area contributed by atoms with Crippen LogP contribution in [0.4, 0.5) is 30.7 Å². The lowest BCUT2D eigenvalue weighted by Crippen LogP contribution is -2.45. The minimum absolute atomic E-state index is 0.0191. The van der Waals surface area contributed by atoms with Gasteiger partial charge in [-0.1, -0.05) is 54.6 Å². The maximum atomic E-state index is 13.3. The zero-order valence-electron chi connectivity index (χ0n) is 23.2. The van der Waals surface area contributed by atoms with E-state index in [1.54, 1.807) is 6.08 Å². The minimum Gasteiger partial charge on any atom is -0.300 e. The topological polar surface area (TPSA) is 3.24 Å². The predicted octanol–water partition coefficient (Wildman–Crippen LogP) is 9.72. The Balaban J connectivity index is 1.28. The second kappa shape index (κ2) is 12.2. The molecule has 0 radical (unpaired) electrons. The second-order valence-corrected chi connectivity index (χ2v) is 11.6. The number of rotatable bonds is 6. The van der Waals surface area contributed by atoms with Crippen LogP contribution in [0.3, 0.4) is 0 Å². The van der Waals surface area contributed by atoms with E-state index in [2.05, 4.69) is 4.90 Å². The molecule has 8 heteroatoms. The Morgan fingerprint density at radius 1 is 0.738 bits per heavy atom. The lowest BCUT2D eigenvalue weighted by atomic mass is 9.67. The van der Waals surface area contributed by atoms with Crippen molar-refractivity contribution in [2.24, 2.45) is 0 Å². The number of nitrogens with zero attached hydrogens (tertiary/aromatic N) is 1. The third-order valence-electron chi connectivity index (χ3n) is 9.02. The number of hydrogen-bond acceptors (Lipinski definition) is 1. The van der Waals surface area contributed by atoms with E-state index in [0.717, 1.165) is 69.3 Å². The van der Waals surface area contributed by atoms with Crippen molar-refractivity contribution in [3.63, 3.8) is 0 Å². The Bertz CT molecular complexity index is 1310. The molecule has 0 N–H and O–H groups in total. The molecular formula is C34H34F7N. The number of likely N-dealkylation sites (tertiary alicyclic amines) is 1. The monoisotopic (exact) mass is 589 g/mol. The summed E-state index contributed by atoms with van der Waals surface area (Å²) in [7, 11) is 0. The molecule has 0 amide bonds. The third kappa shape index (κ3) is 7.08. The summed E-state index contributed by atoms with van der Waals surface area (Å²) < 4.78 is 93.4. The number of alkyl halides is 6. The van der Waals surface area contributed by atoms with Crippen LogP contribution in [0.25, 0.3) is 0 Å². The largest absolute Gasteiger partial charge is 0.416 e. The highest BCUT2D eigenvalue weighted by Crippen LogP contribution is 2.43. The molecule has 1 saturated heterocycles. The molecule has 42 heavy (non-hydrogen) atoms. The Morgan fingerprint density at radius 3 is 1.86 bits per heavy atom. The lowest BCUT2D eigenvalue weighted by Gasteiger charge is -2.45. The zero-order valence-corrected chi connectivity index (χ0v) is 23.2. The Morgan fingerprint density at radius 2 is 1.31 bits per heavy atom. The molecule has 224 valence electrons. The van der Waals surface area contributed by atoms with Crippen LogP contribution in [-0.4, -0.2) is 24.0 Å². The van der Waals surface area contributed by atoms with Gasteiger partial charge in [0.2, 0.25) is 0 Å². The molecule has 3 aromatic carbocycles. The van der Waals surface area contributed by atoms with Crippen molar-refractivity contribution >= 4 is 0 Å². The minimum atomic E-state index is -4.86. The molecule has 1 aliphatic carbocycles. The summed E-state index contributed by atoms with van der Waals surface area (Å²) in [5.74, 6) is 0.195. The van der Waals surface area contributed by atoms with Crippen molar-refractivity contribution in [3.05, 3.63) is 119 Å². The lowest BCUT2D eigenvalue weighted by molar-refractivity contribution is -0.143. The van der Waals surface area contributed by atoms with Crippen LogP contribution in [0.1, 0.15) is 72.3 Å². The predicted molar refractivity (Wildman–Crippen MR) is 150 cm³/mol. The summed E-state index contributed by atoms with van der Waals surface area (Å²) in [6.07, 6.45) is -0.408. The summed E-state index contributed by atoms with van der Waals surface area (Å²) in [4.78, 5) is 2.54. The quantitative estimate of drug-likeness (QED) is 0.204. The van der Waals surface area contributed by atoms with Crippen LogP contribution >= 0.6 is 0 Å². The normalized spacial score (nSPS) is 23.0. The van der Waals surface area contributed by atoms with Gasteiger partial charge in [-0.3, -0.25) is 0 Å². The fourth-order valence-electron chi connectivity index (χ4n) is 6.70. The Hall–Kier alpha value is -3.13. The van der Waals surface area contributed by atoms with Crippen molar-refractivity contribution in [1.82, 2.24) is 4.90 Å². The smallest absolute Gasteiger partial charge is 0.300 e. The number of halogens is 7. The van der Waals surface area contributed by atoms with E-state index >= 15 is 0 Å². The molecule has 0 unspecified atom stereocenters. The SMILES string of the molecule is Fc1ccc(C2CCN([C@H]3CC[C@@](/C=C/Cc4cc(C(F)(F)F)cc(C(F)(F)F)c4)(c4ccccc4)CC3)CC2)cc1. The van der Waals surface area contributed by atoms with E-state index in [9.17, 15) is 30.7 Å². The van der Waals surface area contributed by atoms with Crippen LogP contribution in [0.15, 0.2) is 84.9 Å². The van der Waals surface area contributed by atoms with Crippen molar-refractivity contribution < 1.29 is 30.7 Å². The molecule has 5 rings (SSSR count). The molecule has 0 atom stereocenters. The van der Waals surface area contributed by atoms with Crippen LogP contribution in [-0.2, 0) is 24.2 Å². The van der Waals surface area contributed by atoms with Crippen LogP contribution in [0, 0.1) is 5.82 Å². The van der Waals surface area contributed by atoms with E-state index in [4.69, 9.17) is 0 Å². The highest BCUT2D eigenvalue weighted by atomic mass is 19.4. The second-order valence-electron chi connectivity index (χ2n) is 11.6. The van der Waals surface area contributed by atoms with E-state index < -0.39 is 23.5 Å². The Kier molecular flexibility index (Phi) is 8.83. The number of allylic oxidation sites excluding steroid dienone is 2. The summed E-state index contributed by atoms with van der Waals surface area (Å²) in [5, 5.41) is 0. The van der Waals surface area contributed by atoms with Crippen LogP contribution < -0.4 is 0 Å². The highest BCUT2D eigenvalue weighted by molar-refractivity contribution is 5.36. The van der Waals surface area contributed by atoms with Gasteiger partial charge in [-0.25, -0.2) is 4.39 Å². The zero-order chi connectivity index (χ0) is 30.0. The maximum absolute atomic E-state index is 13.3. The third-order valence-corrected chi connectivity index (χ3v) is 9.02. The van der Waals surface area contributed by atoms with Gasteiger partial charge in [-0.15, -0.1) is 0 Å². The van der Waals surface area contributed by atoms with Gasteiger partial charge >= 0.3 is 12.4 Å². The molecule has 3 aromatic rings. The van der Waals surface area contributed by atoms with Crippen molar-refractivity contribution in [2.45, 2.75) is 74.7 Å². The van der Waals surface area contributed by atoms with Gasteiger partial charge in [0.05, 0.1) is 11.1 Å². The van der Waals surface area contributed by atoms with Crippen molar-refractivity contribution in [1.29, 1.82) is 0 Å². The number of piperidine rings is 1. The first-order chi connectivity index (χ1) is 19.9. The van der Waals surface area contributed by atoms with Crippen molar-refractivity contribution in [3.8, 4) is 0 Å². The molecule has 1 aliphatic heterocycles. The van der Waals surface area contributed by atoms with E-state index in [1.165, 1.54) is 17.7 Å². The number of benzene rings is 3. The molecule has 0 aromatic heterocycles. The molecule has 1 saturated carbocycles. The molecule has 0 spiro atoms. The fraction of sp³-hybridized carbons (Fsp3) is 0.412. The first-order valence-electron chi connectivity index (χ1n) is 14.4. The molecule has 2 aliphatic rings. The van der Waals surface area contributed by atoms with Crippen molar-refractivity contribution in [2.75, 3.05) is 13.1 Å². The maximum Gasteiger partial charge on any atom is 0.416 e. The summed E-state index contributed by atoms with van der Waals surface area (Å²) >= 11 is 0. The molecule has 0 bridgehead atoms. The average molecular weight is 590 g/mol. The first kappa shape index (κ1) is 30.3. The highest BCUT2D eigenvalue weighted by Gasteiger charge is 2.38. The van der Waals surface area contributed by atoms with Gasteiger partial charge in [0.25, 0.3) is 0 Å². The van der Waals surface area contributed by atoms with E-state index in [1.807, 2.05) is 48.5 Å². The average Bonchev–Trinajstić information content (AvgIpc) is 2.97. The fourth-order valence-corrected chi connectivity index (χ4v) is 6.70. The summed E-state index contributed by atoms with van der Waals surface area (Å²) in [6.45, 7) is 1.94. The van der Waals surface area contributed by atoms with Gasteiger partial charge in [0.1, 0.15) is 5.82 Å². The molecular weight excluding hydrogens is 555 g/mol. The molecule has 1 heterocycles. The van der Waals surface area contributed by atoms with Crippen LogP contribution in [0.5, 0.6) is 0 Å². The molecule has 2 fully saturated rings. The Labute approximate surface area is 242 Å². The van der Waals surface area contributed by atoms with Gasteiger partial charge < -0.3 is 4.90 Å². The summed E-state index contributed by atoms with van der Waals surface area (Å²) in [5.41, 5.74) is -0.650. The summed E-state index contributed by atoms with van der Waals surface area (Å²) in [6, 6.07) is 18.9. The molecule has 1 nitrogen and oxygen atoms in total. The first-order valence-corrected chi connectivity index (χ1v) is 14.4. The van der Waals surface area contributed by atoms with Gasteiger partial charge in [0.15, 0.2) is 0 Å². The number of hydrogen-bond donors (Lipinski definition) is 0.